The summed E-state index contributed by atoms with van der Waals surface area (Å²) in [6.45, 7) is 4.34. The van der Waals surface area contributed by atoms with E-state index in [-0.39, 0.29) is 6.03 Å². The molecule has 5 rings (SSSR count). The van der Waals surface area contributed by atoms with Crippen molar-refractivity contribution in [2.45, 2.75) is 19.8 Å². The number of urea groups is 1. The Morgan fingerprint density at radius 1 is 0.806 bits per heavy atom. The van der Waals surface area contributed by atoms with Gasteiger partial charge in [0.1, 0.15) is 11.5 Å². The van der Waals surface area contributed by atoms with Gasteiger partial charge in [-0.25, -0.2) is 4.79 Å². The van der Waals surface area contributed by atoms with E-state index in [0.29, 0.717) is 17.1 Å². The molecule has 182 valence electrons. The Morgan fingerprint density at radius 2 is 1.53 bits per heavy atom. The zero-order valence-electron chi connectivity index (χ0n) is 20.2. The van der Waals surface area contributed by atoms with E-state index in [1.54, 1.807) is 12.1 Å². The second-order valence-electron chi connectivity index (χ2n) is 9.05. The van der Waals surface area contributed by atoms with Gasteiger partial charge in [0.2, 0.25) is 0 Å². The van der Waals surface area contributed by atoms with Crippen LogP contribution in [0.5, 0.6) is 11.5 Å². The fourth-order valence-electron chi connectivity index (χ4n) is 4.17. The summed E-state index contributed by atoms with van der Waals surface area (Å²) in [7, 11) is 0. The second-order valence-corrected chi connectivity index (χ2v) is 9.05. The smallest absolute Gasteiger partial charge is 0.323 e. The average molecular weight is 480 g/mol. The van der Waals surface area contributed by atoms with Crippen molar-refractivity contribution in [3.05, 3.63) is 91.0 Å². The number of para-hydroxylation sites is 1. The largest absolute Gasteiger partial charge is 0.457 e. The molecule has 1 saturated heterocycles. The molecule has 7 heteroatoms. The second kappa shape index (κ2) is 10.9. The fraction of sp³-hybridized carbons (Fsp3) is 0.207. The van der Waals surface area contributed by atoms with Crippen molar-refractivity contribution in [1.29, 1.82) is 0 Å². The van der Waals surface area contributed by atoms with Crippen molar-refractivity contribution < 1.29 is 9.53 Å². The lowest BCUT2D eigenvalue weighted by molar-refractivity contribution is 0.262. The highest BCUT2D eigenvalue weighted by atomic mass is 16.5. The lowest BCUT2D eigenvalue weighted by atomic mass is 9.99. The van der Waals surface area contributed by atoms with E-state index in [2.05, 4.69) is 32.7 Å². The number of nitrogens with one attached hydrogen (secondary N) is 2. The Morgan fingerprint density at radius 3 is 2.25 bits per heavy atom. The monoisotopic (exact) mass is 479 g/mol. The van der Waals surface area contributed by atoms with Gasteiger partial charge in [-0.3, -0.25) is 0 Å². The minimum Gasteiger partial charge on any atom is -0.457 e. The van der Waals surface area contributed by atoms with Crippen molar-refractivity contribution in [3.8, 4) is 22.8 Å². The van der Waals surface area contributed by atoms with E-state index in [1.165, 1.54) is 12.8 Å². The molecule has 36 heavy (non-hydrogen) atoms. The highest BCUT2D eigenvalue weighted by Crippen LogP contribution is 2.25. The van der Waals surface area contributed by atoms with Gasteiger partial charge in [0.05, 0.1) is 5.69 Å². The summed E-state index contributed by atoms with van der Waals surface area (Å²) in [4.78, 5) is 14.9. The number of amides is 2. The maximum absolute atomic E-state index is 12.6. The van der Waals surface area contributed by atoms with Crippen LogP contribution in [-0.2, 0) is 0 Å². The molecular formula is C29H29N5O2. The van der Waals surface area contributed by atoms with Crippen LogP contribution < -0.4 is 20.3 Å². The quantitative estimate of drug-likeness (QED) is 0.317. The summed E-state index contributed by atoms with van der Waals surface area (Å²) in [5.41, 5.74) is 2.99. The summed E-state index contributed by atoms with van der Waals surface area (Å²) in [6.07, 6.45) is 2.37. The van der Waals surface area contributed by atoms with Crippen LogP contribution in [0.2, 0.25) is 0 Å². The molecule has 1 aliphatic heterocycles. The Bertz CT molecular complexity index is 1290. The third-order valence-corrected chi connectivity index (χ3v) is 6.27. The van der Waals surface area contributed by atoms with Gasteiger partial charge in [-0.2, -0.15) is 0 Å². The number of nitrogens with zero attached hydrogens (tertiary/aromatic N) is 3. The molecule has 0 unspecified atom stereocenters. The van der Waals surface area contributed by atoms with Crippen LogP contribution in [0.15, 0.2) is 91.0 Å². The first kappa shape index (κ1) is 23.4. The van der Waals surface area contributed by atoms with Gasteiger partial charge in [0, 0.05) is 30.0 Å². The molecule has 2 N–H and O–H groups in total. The molecule has 0 atom stereocenters. The predicted molar refractivity (Wildman–Crippen MR) is 144 cm³/mol. The van der Waals surface area contributed by atoms with E-state index < -0.39 is 0 Å². The van der Waals surface area contributed by atoms with Crippen LogP contribution in [0.4, 0.5) is 22.0 Å². The van der Waals surface area contributed by atoms with E-state index in [9.17, 15) is 4.79 Å². The number of benzene rings is 3. The molecule has 7 nitrogen and oxygen atoms in total. The van der Waals surface area contributed by atoms with Crippen molar-refractivity contribution in [1.82, 2.24) is 10.2 Å². The van der Waals surface area contributed by atoms with Gasteiger partial charge in [0.25, 0.3) is 0 Å². The molecule has 0 bridgehead atoms. The summed E-state index contributed by atoms with van der Waals surface area (Å²) in [6, 6.07) is 28.1. The molecule has 2 heterocycles. The van der Waals surface area contributed by atoms with E-state index in [0.717, 1.165) is 41.8 Å². The van der Waals surface area contributed by atoms with Gasteiger partial charge >= 0.3 is 6.03 Å². The van der Waals surface area contributed by atoms with E-state index in [1.807, 2.05) is 78.9 Å². The third kappa shape index (κ3) is 5.99. The van der Waals surface area contributed by atoms with E-state index >= 15 is 0 Å². The Balaban J connectivity index is 1.18. The Kier molecular flexibility index (Phi) is 7.07. The number of carbonyl (C=O) groups excluding carboxylic acids is 1. The summed E-state index contributed by atoms with van der Waals surface area (Å²) in [5.74, 6) is 3.14. The van der Waals surface area contributed by atoms with E-state index in [4.69, 9.17) is 4.74 Å². The summed E-state index contributed by atoms with van der Waals surface area (Å²) >= 11 is 0. The first-order valence-corrected chi connectivity index (χ1v) is 12.2. The fourth-order valence-corrected chi connectivity index (χ4v) is 4.17. The molecule has 0 spiro atoms. The SMILES string of the molecule is CC1CCN(c2ccc(-c3cccc(NC(=O)Nc4ccc(Oc5ccccc5)cc4)c3)nn2)CC1. The molecule has 0 aliphatic carbocycles. The van der Waals surface area contributed by atoms with Crippen molar-refractivity contribution in [2.24, 2.45) is 5.92 Å². The lowest BCUT2D eigenvalue weighted by Crippen LogP contribution is -2.33. The normalized spacial score (nSPS) is 13.8. The molecule has 3 aromatic carbocycles. The van der Waals surface area contributed by atoms with Crippen LogP contribution in [0.25, 0.3) is 11.3 Å². The Labute approximate surface area is 211 Å². The summed E-state index contributed by atoms with van der Waals surface area (Å²) in [5, 5.41) is 14.6. The minimum atomic E-state index is -0.329. The number of hydrogen-bond donors (Lipinski definition) is 2. The molecule has 1 aromatic heterocycles. The maximum Gasteiger partial charge on any atom is 0.323 e. The number of aromatic nitrogens is 2. The number of anilines is 3. The topological polar surface area (TPSA) is 79.4 Å². The molecule has 0 radical (unpaired) electrons. The molecule has 1 aliphatic rings. The zero-order chi connectivity index (χ0) is 24.7. The van der Waals surface area contributed by atoms with Crippen LogP contribution in [-0.4, -0.2) is 29.3 Å². The van der Waals surface area contributed by atoms with Crippen molar-refractivity contribution in [3.63, 3.8) is 0 Å². The molecule has 0 saturated carbocycles. The first-order chi connectivity index (χ1) is 17.6. The first-order valence-electron chi connectivity index (χ1n) is 12.2. The predicted octanol–water partition coefficient (Wildman–Crippen LogP) is 6.82. The number of carbonyl (C=O) groups is 1. The van der Waals surface area contributed by atoms with Crippen LogP contribution >= 0.6 is 0 Å². The highest BCUT2D eigenvalue weighted by Gasteiger charge is 2.17. The minimum absolute atomic E-state index is 0.329. The standard InChI is InChI=1S/C29H29N5O2/c1-21-16-18-34(19-17-21)28-15-14-27(32-33-28)22-6-5-7-24(20-22)31-29(35)30-23-10-12-26(13-11-23)36-25-8-3-2-4-9-25/h2-15,20-21H,16-19H2,1H3,(H2,30,31,35). The highest BCUT2D eigenvalue weighted by molar-refractivity contribution is 6.00. The average Bonchev–Trinajstić information content (AvgIpc) is 2.91. The number of hydrogen-bond acceptors (Lipinski definition) is 5. The van der Waals surface area contributed by atoms with Gasteiger partial charge < -0.3 is 20.3 Å². The van der Waals surface area contributed by atoms with Gasteiger partial charge in [-0.1, -0.05) is 37.3 Å². The zero-order valence-corrected chi connectivity index (χ0v) is 20.2. The van der Waals surface area contributed by atoms with Gasteiger partial charge in [-0.05, 0) is 79.4 Å². The van der Waals surface area contributed by atoms with Crippen LogP contribution in [0, 0.1) is 5.92 Å². The van der Waals surface area contributed by atoms with Crippen LogP contribution in [0.3, 0.4) is 0 Å². The maximum atomic E-state index is 12.6. The molecule has 4 aromatic rings. The lowest BCUT2D eigenvalue weighted by Gasteiger charge is -2.30. The van der Waals surface area contributed by atoms with Crippen LogP contribution in [0.1, 0.15) is 19.8 Å². The number of rotatable bonds is 6. The van der Waals surface area contributed by atoms with Gasteiger partial charge in [-0.15, -0.1) is 10.2 Å². The van der Waals surface area contributed by atoms with Crippen molar-refractivity contribution in [2.75, 3.05) is 28.6 Å². The molecule has 2 amide bonds. The molecule has 1 fully saturated rings. The van der Waals surface area contributed by atoms with Gasteiger partial charge in [0.15, 0.2) is 5.82 Å². The third-order valence-electron chi connectivity index (χ3n) is 6.27. The molecular weight excluding hydrogens is 450 g/mol. The summed E-state index contributed by atoms with van der Waals surface area (Å²) < 4.78 is 5.79. The van der Waals surface area contributed by atoms with Crippen molar-refractivity contribution >= 4 is 23.2 Å². The number of piperidine rings is 1. The Hall–Kier alpha value is -4.39. The number of ether oxygens (including phenoxy) is 1.